The lowest BCUT2D eigenvalue weighted by atomic mass is 9.75. The first-order chi connectivity index (χ1) is 12.0. The molecule has 5 heteroatoms. The molecule has 0 radical (unpaired) electrons. The molecular formula is C20H20N2O3. The van der Waals surface area contributed by atoms with Gasteiger partial charge in [-0.1, -0.05) is 24.3 Å². The fourth-order valence-corrected chi connectivity index (χ4v) is 3.89. The van der Waals surface area contributed by atoms with Crippen molar-refractivity contribution in [3.05, 3.63) is 53.1 Å². The first-order valence-electron chi connectivity index (χ1n) is 8.46. The Morgan fingerprint density at radius 1 is 1.12 bits per heavy atom. The maximum Gasteiger partial charge on any atom is 0.248 e. The van der Waals surface area contributed by atoms with Gasteiger partial charge in [0.2, 0.25) is 11.8 Å². The highest BCUT2D eigenvalue weighted by atomic mass is 16.5. The maximum atomic E-state index is 12.6. The van der Waals surface area contributed by atoms with E-state index in [1.165, 1.54) is 0 Å². The van der Waals surface area contributed by atoms with Gasteiger partial charge in [-0.2, -0.15) is 0 Å². The molecule has 5 nitrogen and oxygen atoms in total. The Balaban J connectivity index is 1.76. The molecule has 0 saturated carbocycles. The van der Waals surface area contributed by atoms with Gasteiger partial charge in [-0.05, 0) is 54.2 Å². The van der Waals surface area contributed by atoms with Crippen LogP contribution in [0.1, 0.15) is 34.3 Å². The molecular weight excluding hydrogens is 316 g/mol. The molecule has 2 heterocycles. The smallest absolute Gasteiger partial charge is 0.248 e. The summed E-state index contributed by atoms with van der Waals surface area (Å²) in [5.41, 5.74) is 10.1. The summed E-state index contributed by atoms with van der Waals surface area (Å²) in [4.78, 5) is 24.2. The lowest BCUT2D eigenvalue weighted by Crippen LogP contribution is -2.39. The van der Waals surface area contributed by atoms with Gasteiger partial charge >= 0.3 is 0 Å². The fourth-order valence-electron chi connectivity index (χ4n) is 3.89. The summed E-state index contributed by atoms with van der Waals surface area (Å²) < 4.78 is 5.44. The van der Waals surface area contributed by atoms with Crippen molar-refractivity contribution in [3.63, 3.8) is 0 Å². The molecule has 128 valence electrons. The van der Waals surface area contributed by atoms with E-state index >= 15 is 0 Å². The predicted octanol–water partition coefficient (Wildman–Crippen LogP) is 2.76. The molecule has 1 spiro atoms. The van der Waals surface area contributed by atoms with Crippen molar-refractivity contribution in [3.8, 4) is 11.1 Å². The third-order valence-corrected chi connectivity index (χ3v) is 5.40. The Bertz CT molecular complexity index is 883. The normalized spacial score (nSPS) is 18.0. The Kier molecular flexibility index (Phi) is 3.62. The van der Waals surface area contributed by atoms with Crippen molar-refractivity contribution in [2.24, 2.45) is 5.73 Å². The summed E-state index contributed by atoms with van der Waals surface area (Å²) >= 11 is 0. The second-order valence-electron chi connectivity index (χ2n) is 6.80. The van der Waals surface area contributed by atoms with Crippen LogP contribution < -0.4 is 11.1 Å². The molecule has 0 atom stereocenters. The molecule has 25 heavy (non-hydrogen) atoms. The number of aryl methyl sites for hydroxylation is 1. The third kappa shape index (κ3) is 2.43. The molecule has 1 saturated heterocycles. The Morgan fingerprint density at radius 3 is 2.52 bits per heavy atom. The van der Waals surface area contributed by atoms with Crippen molar-refractivity contribution in [1.29, 1.82) is 0 Å². The Hall–Kier alpha value is -2.66. The lowest BCUT2D eigenvalue weighted by Gasteiger charge is -2.31. The maximum absolute atomic E-state index is 12.6. The third-order valence-electron chi connectivity index (χ3n) is 5.40. The van der Waals surface area contributed by atoms with Gasteiger partial charge in [-0.25, -0.2) is 0 Å². The molecule has 2 amide bonds. The number of amides is 2. The van der Waals surface area contributed by atoms with Gasteiger partial charge in [0.25, 0.3) is 0 Å². The van der Waals surface area contributed by atoms with Crippen LogP contribution >= 0.6 is 0 Å². The average Bonchev–Trinajstić information content (AvgIpc) is 2.87. The highest BCUT2D eigenvalue weighted by molar-refractivity contribution is 6.07. The zero-order valence-electron chi connectivity index (χ0n) is 14.1. The van der Waals surface area contributed by atoms with E-state index in [1.54, 1.807) is 6.07 Å². The summed E-state index contributed by atoms with van der Waals surface area (Å²) in [6, 6.07) is 11.7. The number of primary amides is 1. The van der Waals surface area contributed by atoms with E-state index in [0.29, 0.717) is 31.6 Å². The lowest BCUT2D eigenvalue weighted by molar-refractivity contribution is -0.124. The van der Waals surface area contributed by atoms with Gasteiger partial charge in [-0.3, -0.25) is 9.59 Å². The molecule has 3 N–H and O–H groups in total. The van der Waals surface area contributed by atoms with Gasteiger partial charge in [-0.15, -0.1) is 0 Å². The number of carbonyl (C=O) groups is 2. The van der Waals surface area contributed by atoms with Crippen LogP contribution in [0.15, 0.2) is 36.4 Å². The van der Waals surface area contributed by atoms with E-state index in [0.717, 1.165) is 27.9 Å². The van der Waals surface area contributed by atoms with Gasteiger partial charge in [0, 0.05) is 24.5 Å². The molecule has 0 unspecified atom stereocenters. The second kappa shape index (κ2) is 5.70. The molecule has 2 aromatic carbocycles. The van der Waals surface area contributed by atoms with Crippen molar-refractivity contribution in [2.75, 3.05) is 18.5 Å². The van der Waals surface area contributed by atoms with E-state index in [2.05, 4.69) is 5.32 Å². The number of anilines is 1. The van der Waals surface area contributed by atoms with Crippen LogP contribution in [0.25, 0.3) is 11.1 Å². The molecule has 0 aromatic heterocycles. The van der Waals surface area contributed by atoms with Crippen LogP contribution in [0.2, 0.25) is 0 Å². The zero-order chi connectivity index (χ0) is 17.6. The van der Waals surface area contributed by atoms with Crippen molar-refractivity contribution < 1.29 is 14.3 Å². The van der Waals surface area contributed by atoms with E-state index in [4.69, 9.17) is 10.5 Å². The molecule has 0 bridgehead atoms. The number of nitrogens with two attached hydrogens (primary N) is 1. The summed E-state index contributed by atoms with van der Waals surface area (Å²) in [5.74, 6) is -0.375. The van der Waals surface area contributed by atoms with Crippen LogP contribution in [0, 0.1) is 6.92 Å². The monoisotopic (exact) mass is 336 g/mol. The highest BCUT2D eigenvalue weighted by Crippen LogP contribution is 2.45. The molecule has 4 rings (SSSR count). The standard InChI is InChI=1S/C20H20N2O3/c1-12-2-3-13(10-15(12)18(21)23)14-4-5-16-17(11-14)22-19(24)20(16)6-8-25-9-7-20/h2-5,10-11H,6-9H2,1H3,(H2,21,23)(H,22,24). The van der Waals surface area contributed by atoms with E-state index in [1.807, 2.05) is 37.3 Å². The summed E-state index contributed by atoms with van der Waals surface area (Å²) in [7, 11) is 0. The Morgan fingerprint density at radius 2 is 1.80 bits per heavy atom. The summed E-state index contributed by atoms with van der Waals surface area (Å²) in [6.07, 6.45) is 1.42. The molecule has 1 fully saturated rings. The predicted molar refractivity (Wildman–Crippen MR) is 95.5 cm³/mol. The number of fused-ring (bicyclic) bond motifs is 2. The number of rotatable bonds is 2. The van der Waals surface area contributed by atoms with E-state index in [-0.39, 0.29) is 5.91 Å². The topological polar surface area (TPSA) is 81.4 Å². The van der Waals surface area contributed by atoms with E-state index < -0.39 is 11.3 Å². The number of carbonyl (C=O) groups excluding carboxylic acids is 2. The van der Waals surface area contributed by atoms with Crippen molar-refractivity contribution in [2.45, 2.75) is 25.2 Å². The molecule has 2 aliphatic rings. The minimum absolute atomic E-state index is 0.0599. The van der Waals surface area contributed by atoms with Crippen LogP contribution in [0.4, 0.5) is 5.69 Å². The minimum atomic E-state index is -0.461. The van der Waals surface area contributed by atoms with Crippen LogP contribution in [0.3, 0.4) is 0 Å². The van der Waals surface area contributed by atoms with Crippen molar-refractivity contribution >= 4 is 17.5 Å². The Labute approximate surface area is 146 Å². The fraction of sp³-hybridized carbons (Fsp3) is 0.300. The number of nitrogens with one attached hydrogen (secondary N) is 1. The first kappa shape index (κ1) is 15.8. The van der Waals surface area contributed by atoms with Gasteiger partial charge < -0.3 is 15.8 Å². The zero-order valence-corrected chi connectivity index (χ0v) is 14.1. The van der Waals surface area contributed by atoms with E-state index in [9.17, 15) is 9.59 Å². The molecule has 2 aliphatic heterocycles. The number of hydrogen-bond acceptors (Lipinski definition) is 3. The quantitative estimate of drug-likeness (QED) is 0.885. The molecule has 0 aliphatic carbocycles. The minimum Gasteiger partial charge on any atom is -0.381 e. The first-order valence-corrected chi connectivity index (χ1v) is 8.46. The van der Waals surface area contributed by atoms with Crippen LogP contribution in [-0.2, 0) is 14.9 Å². The number of ether oxygens (including phenoxy) is 1. The number of hydrogen-bond donors (Lipinski definition) is 2. The number of benzene rings is 2. The van der Waals surface area contributed by atoms with Gasteiger partial charge in [0.15, 0.2) is 0 Å². The summed E-state index contributed by atoms with van der Waals surface area (Å²) in [5, 5.41) is 3.03. The molecule has 2 aromatic rings. The summed E-state index contributed by atoms with van der Waals surface area (Å²) in [6.45, 7) is 3.07. The van der Waals surface area contributed by atoms with Gasteiger partial charge in [0.1, 0.15) is 0 Å². The van der Waals surface area contributed by atoms with Crippen LogP contribution in [0.5, 0.6) is 0 Å². The second-order valence-corrected chi connectivity index (χ2v) is 6.80. The largest absolute Gasteiger partial charge is 0.381 e. The average molecular weight is 336 g/mol. The van der Waals surface area contributed by atoms with Crippen LogP contribution in [-0.4, -0.2) is 25.0 Å². The van der Waals surface area contributed by atoms with Gasteiger partial charge in [0.05, 0.1) is 5.41 Å². The SMILES string of the molecule is Cc1ccc(-c2ccc3c(c2)NC(=O)C32CCOCC2)cc1C(N)=O. The van der Waals surface area contributed by atoms with Crippen molar-refractivity contribution in [1.82, 2.24) is 0 Å². The highest BCUT2D eigenvalue weighted by Gasteiger charge is 2.47.